The second kappa shape index (κ2) is 4.34. The molecule has 0 spiro atoms. The number of hydrogen-bond donors (Lipinski definition) is 2. The van der Waals surface area contributed by atoms with E-state index in [9.17, 15) is 15.0 Å². The summed E-state index contributed by atoms with van der Waals surface area (Å²) in [7, 11) is 0. The van der Waals surface area contributed by atoms with Crippen LogP contribution in [0.5, 0.6) is 11.5 Å². The molecular formula is C12H16O3. The van der Waals surface area contributed by atoms with Crippen LogP contribution in [-0.4, -0.2) is 16.0 Å². The van der Waals surface area contributed by atoms with Crippen LogP contribution in [0.2, 0.25) is 0 Å². The van der Waals surface area contributed by atoms with Gasteiger partial charge in [0.2, 0.25) is 0 Å². The monoisotopic (exact) mass is 208 g/mol. The number of phenols is 2. The van der Waals surface area contributed by atoms with Crippen molar-refractivity contribution in [2.45, 2.75) is 27.2 Å². The molecule has 1 aromatic rings. The van der Waals surface area contributed by atoms with Gasteiger partial charge in [0.15, 0.2) is 0 Å². The Morgan fingerprint density at radius 2 is 1.73 bits per heavy atom. The van der Waals surface area contributed by atoms with E-state index in [2.05, 4.69) is 0 Å². The Bertz CT molecular complexity index is 357. The minimum atomic E-state index is -0.0319. The molecule has 82 valence electrons. The Labute approximate surface area is 89.4 Å². The van der Waals surface area contributed by atoms with Crippen molar-refractivity contribution in [2.75, 3.05) is 0 Å². The van der Waals surface area contributed by atoms with Gasteiger partial charge in [-0.05, 0) is 24.6 Å². The predicted molar refractivity (Wildman–Crippen MR) is 58.1 cm³/mol. The first kappa shape index (κ1) is 11.6. The first-order valence-corrected chi connectivity index (χ1v) is 4.96. The fourth-order valence-corrected chi connectivity index (χ4v) is 1.25. The largest absolute Gasteiger partial charge is 0.508 e. The molecule has 0 aliphatic carbocycles. The standard InChI is InChI=1S/C12H16O3/c1-7(2)10(13)4-9-5-11(14)8(3)12(15)6-9/h5-7,14-15H,4H2,1-3H3. The number of rotatable bonds is 3. The van der Waals surface area contributed by atoms with E-state index in [1.165, 1.54) is 12.1 Å². The van der Waals surface area contributed by atoms with Gasteiger partial charge in [-0.25, -0.2) is 0 Å². The van der Waals surface area contributed by atoms with E-state index in [0.717, 1.165) is 0 Å². The van der Waals surface area contributed by atoms with Crippen LogP contribution >= 0.6 is 0 Å². The minimum Gasteiger partial charge on any atom is -0.508 e. The molecule has 3 heteroatoms. The molecule has 0 aliphatic heterocycles. The van der Waals surface area contributed by atoms with E-state index >= 15 is 0 Å². The molecule has 0 amide bonds. The number of aromatic hydroxyl groups is 2. The summed E-state index contributed by atoms with van der Waals surface area (Å²) in [5, 5.41) is 18.9. The molecule has 0 bridgehead atoms. The molecular weight excluding hydrogens is 192 g/mol. The van der Waals surface area contributed by atoms with Gasteiger partial charge in [-0.1, -0.05) is 13.8 Å². The normalized spacial score (nSPS) is 10.7. The molecule has 0 radical (unpaired) electrons. The molecule has 0 atom stereocenters. The Kier molecular flexibility index (Phi) is 3.35. The number of benzene rings is 1. The Morgan fingerprint density at radius 1 is 1.27 bits per heavy atom. The minimum absolute atomic E-state index is 0.0292. The number of carbonyl (C=O) groups is 1. The zero-order chi connectivity index (χ0) is 11.6. The lowest BCUT2D eigenvalue weighted by molar-refractivity contribution is -0.121. The van der Waals surface area contributed by atoms with Gasteiger partial charge in [0.05, 0.1) is 0 Å². The quantitative estimate of drug-likeness (QED) is 0.800. The highest BCUT2D eigenvalue weighted by atomic mass is 16.3. The Hall–Kier alpha value is -1.51. The van der Waals surface area contributed by atoms with Crippen LogP contribution < -0.4 is 0 Å². The lowest BCUT2D eigenvalue weighted by atomic mass is 9.99. The highest BCUT2D eigenvalue weighted by molar-refractivity contribution is 5.82. The average Bonchev–Trinajstić information content (AvgIpc) is 2.13. The van der Waals surface area contributed by atoms with Gasteiger partial charge in [-0.2, -0.15) is 0 Å². The summed E-state index contributed by atoms with van der Waals surface area (Å²) in [6.45, 7) is 5.28. The van der Waals surface area contributed by atoms with Crippen molar-refractivity contribution < 1.29 is 15.0 Å². The van der Waals surface area contributed by atoms with Crippen LogP contribution in [0, 0.1) is 12.8 Å². The van der Waals surface area contributed by atoms with E-state index in [1.54, 1.807) is 6.92 Å². The maximum atomic E-state index is 11.5. The lowest BCUT2D eigenvalue weighted by Crippen LogP contribution is -2.10. The molecule has 0 aliphatic rings. The van der Waals surface area contributed by atoms with Gasteiger partial charge in [-0.3, -0.25) is 4.79 Å². The number of phenolic OH excluding ortho intramolecular Hbond substituents is 2. The molecule has 1 aromatic carbocycles. The molecule has 0 heterocycles. The van der Waals surface area contributed by atoms with E-state index in [0.29, 0.717) is 11.1 Å². The van der Waals surface area contributed by atoms with E-state index in [-0.39, 0.29) is 29.6 Å². The average molecular weight is 208 g/mol. The van der Waals surface area contributed by atoms with Gasteiger partial charge in [0.25, 0.3) is 0 Å². The van der Waals surface area contributed by atoms with Crippen molar-refractivity contribution in [3.63, 3.8) is 0 Å². The maximum Gasteiger partial charge on any atom is 0.139 e. The molecule has 2 N–H and O–H groups in total. The smallest absolute Gasteiger partial charge is 0.139 e. The molecule has 0 aromatic heterocycles. The molecule has 0 fully saturated rings. The summed E-state index contributed by atoms with van der Waals surface area (Å²) in [5.41, 5.74) is 1.09. The van der Waals surface area contributed by atoms with Crippen LogP contribution in [0.1, 0.15) is 25.0 Å². The third kappa shape index (κ3) is 2.72. The number of hydrogen-bond acceptors (Lipinski definition) is 3. The Balaban J connectivity index is 2.93. The van der Waals surface area contributed by atoms with Gasteiger partial charge in [-0.15, -0.1) is 0 Å². The molecule has 3 nitrogen and oxygen atoms in total. The van der Waals surface area contributed by atoms with Crippen LogP contribution in [-0.2, 0) is 11.2 Å². The van der Waals surface area contributed by atoms with E-state index < -0.39 is 0 Å². The Morgan fingerprint density at radius 3 is 2.13 bits per heavy atom. The topological polar surface area (TPSA) is 57.5 Å². The van der Waals surface area contributed by atoms with E-state index in [1.807, 2.05) is 13.8 Å². The fourth-order valence-electron chi connectivity index (χ4n) is 1.25. The fraction of sp³-hybridized carbons (Fsp3) is 0.417. The van der Waals surface area contributed by atoms with E-state index in [4.69, 9.17) is 0 Å². The second-order valence-electron chi connectivity index (χ2n) is 4.06. The third-order valence-electron chi connectivity index (χ3n) is 2.43. The van der Waals surface area contributed by atoms with Gasteiger partial charge < -0.3 is 10.2 Å². The summed E-state index contributed by atoms with van der Waals surface area (Å²) >= 11 is 0. The molecule has 0 saturated heterocycles. The van der Waals surface area contributed by atoms with Crippen molar-refractivity contribution >= 4 is 5.78 Å². The van der Waals surface area contributed by atoms with Crippen molar-refractivity contribution in [3.05, 3.63) is 23.3 Å². The molecule has 0 saturated carbocycles. The predicted octanol–water partition coefficient (Wildman–Crippen LogP) is 2.17. The van der Waals surface area contributed by atoms with Crippen LogP contribution in [0.3, 0.4) is 0 Å². The highest BCUT2D eigenvalue weighted by Gasteiger charge is 2.11. The number of carbonyl (C=O) groups excluding carboxylic acids is 1. The lowest BCUT2D eigenvalue weighted by Gasteiger charge is -2.07. The van der Waals surface area contributed by atoms with Crippen molar-refractivity contribution in [1.29, 1.82) is 0 Å². The SMILES string of the molecule is Cc1c(O)cc(CC(=O)C(C)C)cc1O. The summed E-state index contributed by atoms with van der Waals surface area (Å²) in [6, 6.07) is 3.05. The summed E-state index contributed by atoms with van der Waals surface area (Å²) < 4.78 is 0. The number of ketones is 1. The summed E-state index contributed by atoms with van der Waals surface area (Å²) in [6.07, 6.45) is 0.249. The van der Waals surface area contributed by atoms with Crippen LogP contribution in [0.15, 0.2) is 12.1 Å². The first-order chi connectivity index (χ1) is 6.91. The molecule has 1 rings (SSSR count). The zero-order valence-corrected chi connectivity index (χ0v) is 9.24. The van der Waals surface area contributed by atoms with Crippen LogP contribution in [0.25, 0.3) is 0 Å². The molecule has 15 heavy (non-hydrogen) atoms. The third-order valence-corrected chi connectivity index (χ3v) is 2.43. The highest BCUT2D eigenvalue weighted by Crippen LogP contribution is 2.27. The molecule has 0 unspecified atom stereocenters. The second-order valence-corrected chi connectivity index (χ2v) is 4.06. The summed E-state index contributed by atoms with van der Waals surface area (Å²) in [4.78, 5) is 11.5. The van der Waals surface area contributed by atoms with Crippen molar-refractivity contribution in [2.24, 2.45) is 5.92 Å². The number of Topliss-reactive ketones (excluding diaryl/α,β-unsaturated/α-hetero) is 1. The van der Waals surface area contributed by atoms with Crippen molar-refractivity contribution in [1.82, 2.24) is 0 Å². The maximum absolute atomic E-state index is 11.5. The first-order valence-electron chi connectivity index (χ1n) is 4.96. The summed E-state index contributed by atoms with van der Waals surface area (Å²) in [5.74, 6) is 0.122. The van der Waals surface area contributed by atoms with Gasteiger partial charge >= 0.3 is 0 Å². The van der Waals surface area contributed by atoms with Gasteiger partial charge in [0, 0.05) is 17.9 Å². The van der Waals surface area contributed by atoms with Gasteiger partial charge in [0.1, 0.15) is 17.3 Å². The zero-order valence-electron chi connectivity index (χ0n) is 9.24. The van der Waals surface area contributed by atoms with Crippen molar-refractivity contribution in [3.8, 4) is 11.5 Å². The van der Waals surface area contributed by atoms with Crippen LogP contribution in [0.4, 0.5) is 0 Å².